The van der Waals surface area contributed by atoms with Gasteiger partial charge in [-0.3, -0.25) is 0 Å². The maximum atomic E-state index is 11.9. The number of ether oxygens (including phenoxy) is 2. The molecule has 0 bridgehead atoms. The van der Waals surface area contributed by atoms with Gasteiger partial charge in [0.2, 0.25) is 6.23 Å². The molecule has 1 aromatic heterocycles. The highest BCUT2D eigenvalue weighted by Crippen LogP contribution is 2.30. The highest BCUT2D eigenvalue weighted by atomic mass is 35.5. The number of aromatic nitrogens is 1. The standard InChI is InChI=1S/C17H22ClN5O4/c1-17(2,3)27-15(24)19-11-4-6-23(7-5-11)13-9-10(8-12(18)20-13)14-21-22-16(25)26-14/h8-9,11,14H,4-7H2,1-3H3,(H,19,24). The van der Waals surface area contributed by atoms with Gasteiger partial charge in [-0.2, -0.15) is 0 Å². The minimum absolute atomic E-state index is 0.0411. The number of anilines is 1. The molecule has 0 radical (unpaired) electrons. The van der Waals surface area contributed by atoms with Crippen molar-refractivity contribution in [2.24, 2.45) is 10.2 Å². The summed E-state index contributed by atoms with van der Waals surface area (Å²) < 4.78 is 10.3. The summed E-state index contributed by atoms with van der Waals surface area (Å²) >= 11 is 6.12. The molecule has 2 amide bonds. The van der Waals surface area contributed by atoms with Crippen LogP contribution in [-0.2, 0) is 9.47 Å². The van der Waals surface area contributed by atoms with Crippen LogP contribution in [0.4, 0.5) is 15.4 Å². The van der Waals surface area contributed by atoms with E-state index in [-0.39, 0.29) is 11.2 Å². The van der Waals surface area contributed by atoms with Gasteiger partial charge in [0, 0.05) is 24.7 Å². The van der Waals surface area contributed by atoms with Gasteiger partial charge in [-0.05, 0) is 45.7 Å². The second-order valence-corrected chi connectivity index (χ2v) is 7.83. The average molecular weight is 396 g/mol. The third kappa shape index (κ3) is 5.29. The van der Waals surface area contributed by atoms with Crippen molar-refractivity contribution in [3.8, 4) is 0 Å². The molecule has 3 rings (SSSR count). The fourth-order valence-corrected chi connectivity index (χ4v) is 3.12. The molecule has 1 fully saturated rings. The lowest BCUT2D eigenvalue weighted by atomic mass is 10.0. The molecular weight excluding hydrogens is 374 g/mol. The molecule has 0 spiro atoms. The van der Waals surface area contributed by atoms with E-state index in [0.717, 1.165) is 12.8 Å². The SMILES string of the molecule is CC(C)(C)OC(=O)NC1CCN(c2cc(C3N=NC(=O)O3)cc(Cl)n2)CC1. The van der Waals surface area contributed by atoms with Gasteiger partial charge in [-0.1, -0.05) is 16.7 Å². The first-order chi connectivity index (χ1) is 12.7. The predicted octanol–water partition coefficient (Wildman–Crippen LogP) is 3.83. The van der Waals surface area contributed by atoms with Gasteiger partial charge in [0.25, 0.3) is 0 Å². The second-order valence-electron chi connectivity index (χ2n) is 7.44. The molecule has 146 valence electrons. The van der Waals surface area contributed by atoms with Crippen molar-refractivity contribution in [1.82, 2.24) is 10.3 Å². The minimum Gasteiger partial charge on any atom is -0.444 e. The first-order valence-corrected chi connectivity index (χ1v) is 9.11. The van der Waals surface area contributed by atoms with Crippen LogP contribution in [0.25, 0.3) is 0 Å². The summed E-state index contributed by atoms with van der Waals surface area (Å²) in [5.74, 6) is 0.673. The fraction of sp³-hybridized carbons (Fsp3) is 0.588. The van der Waals surface area contributed by atoms with E-state index in [0.29, 0.717) is 24.5 Å². The summed E-state index contributed by atoms with van der Waals surface area (Å²) in [7, 11) is 0. The first-order valence-electron chi connectivity index (χ1n) is 8.73. The van der Waals surface area contributed by atoms with E-state index in [1.807, 2.05) is 20.8 Å². The number of carbonyl (C=O) groups excluding carboxylic acids is 2. The topological polar surface area (TPSA) is 105 Å². The number of hydrogen-bond donors (Lipinski definition) is 1. The predicted molar refractivity (Wildman–Crippen MR) is 97.9 cm³/mol. The van der Waals surface area contributed by atoms with Crippen LogP contribution in [0.1, 0.15) is 45.4 Å². The van der Waals surface area contributed by atoms with Crippen molar-refractivity contribution in [2.45, 2.75) is 51.5 Å². The zero-order chi connectivity index (χ0) is 19.6. The number of pyridine rings is 1. The van der Waals surface area contributed by atoms with Gasteiger partial charge in [-0.25, -0.2) is 14.6 Å². The van der Waals surface area contributed by atoms with Crippen LogP contribution in [0.5, 0.6) is 0 Å². The van der Waals surface area contributed by atoms with Crippen molar-refractivity contribution >= 4 is 29.6 Å². The zero-order valence-corrected chi connectivity index (χ0v) is 16.2. The Morgan fingerprint density at radius 2 is 2.04 bits per heavy atom. The molecule has 3 heterocycles. The lowest BCUT2D eigenvalue weighted by molar-refractivity contribution is 0.0497. The molecule has 2 aliphatic rings. The van der Waals surface area contributed by atoms with Crippen LogP contribution in [0.15, 0.2) is 22.4 Å². The van der Waals surface area contributed by atoms with E-state index >= 15 is 0 Å². The highest BCUT2D eigenvalue weighted by Gasteiger charge is 2.27. The number of hydrogen-bond acceptors (Lipinski definition) is 7. The third-order valence-corrected chi connectivity index (χ3v) is 4.28. The van der Waals surface area contributed by atoms with E-state index < -0.39 is 24.0 Å². The Kier molecular flexibility index (Phi) is 5.50. The second kappa shape index (κ2) is 7.67. The van der Waals surface area contributed by atoms with Gasteiger partial charge in [-0.15, -0.1) is 5.11 Å². The van der Waals surface area contributed by atoms with Crippen molar-refractivity contribution in [3.63, 3.8) is 0 Å². The number of alkyl carbamates (subject to hydrolysis) is 1. The van der Waals surface area contributed by atoms with Crippen molar-refractivity contribution in [1.29, 1.82) is 0 Å². The number of azo groups is 1. The van der Waals surface area contributed by atoms with Crippen LogP contribution < -0.4 is 10.2 Å². The quantitative estimate of drug-likeness (QED) is 0.779. The van der Waals surface area contributed by atoms with Gasteiger partial charge in [0.15, 0.2) is 0 Å². The molecule has 10 heteroatoms. The van der Waals surface area contributed by atoms with Gasteiger partial charge >= 0.3 is 12.2 Å². The Labute approximate surface area is 162 Å². The molecule has 1 saturated heterocycles. The van der Waals surface area contributed by atoms with Gasteiger partial charge < -0.3 is 19.7 Å². The smallest absolute Gasteiger partial charge is 0.444 e. The lowest BCUT2D eigenvalue weighted by Gasteiger charge is -2.33. The monoisotopic (exact) mass is 395 g/mol. The first kappa shape index (κ1) is 19.3. The van der Waals surface area contributed by atoms with E-state index in [1.165, 1.54) is 0 Å². The Hall–Kier alpha value is -2.42. The molecule has 9 nitrogen and oxygen atoms in total. The number of rotatable bonds is 3. The molecule has 1 atom stereocenters. The van der Waals surface area contributed by atoms with Crippen LogP contribution in [0.3, 0.4) is 0 Å². The summed E-state index contributed by atoms with van der Waals surface area (Å²) in [5.41, 5.74) is 0.0982. The molecule has 0 aliphatic carbocycles. The number of amides is 2. The van der Waals surface area contributed by atoms with E-state index in [2.05, 4.69) is 25.4 Å². The molecule has 0 saturated carbocycles. The molecular formula is C17H22ClN5O4. The van der Waals surface area contributed by atoms with Gasteiger partial charge in [0.05, 0.1) is 0 Å². The molecule has 2 aliphatic heterocycles. The Balaban J connectivity index is 1.59. The van der Waals surface area contributed by atoms with E-state index in [1.54, 1.807) is 12.1 Å². The number of halogens is 1. The largest absolute Gasteiger partial charge is 0.454 e. The Bertz CT molecular complexity index is 756. The summed E-state index contributed by atoms with van der Waals surface area (Å²) in [4.78, 5) is 29.4. The number of piperidine rings is 1. The number of cyclic esters (lactones) is 1. The van der Waals surface area contributed by atoms with Crippen molar-refractivity contribution in [2.75, 3.05) is 18.0 Å². The fourth-order valence-electron chi connectivity index (χ4n) is 2.91. The maximum Gasteiger partial charge on any atom is 0.454 e. The van der Waals surface area contributed by atoms with Gasteiger partial charge in [0.1, 0.15) is 16.6 Å². The zero-order valence-electron chi connectivity index (χ0n) is 15.4. The molecule has 1 N–H and O–H groups in total. The van der Waals surface area contributed by atoms with Crippen molar-refractivity contribution in [3.05, 3.63) is 22.8 Å². The maximum absolute atomic E-state index is 11.9. The Morgan fingerprint density at radius 1 is 1.33 bits per heavy atom. The van der Waals surface area contributed by atoms with E-state index in [9.17, 15) is 9.59 Å². The number of nitrogens with one attached hydrogen (secondary N) is 1. The summed E-state index contributed by atoms with van der Waals surface area (Å²) in [5, 5.41) is 10.3. The van der Waals surface area contributed by atoms with Crippen LogP contribution in [0.2, 0.25) is 5.15 Å². The summed E-state index contributed by atoms with van der Waals surface area (Å²) in [6.45, 7) is 6.88. The number of carbonyl (C=O) groups is 2. The summed E-state index contributed by atoms with van der Waals surface area (Å²) in [6, 6.07) is 3.43. The molecule has 0 aromatic carbocycles. The summed E-state index contributed by atoms with van der Waals surface area (Å²) in [6.07, 6.45) is -0.411. The normalized spacial score (nSPS) is 20.5. The van der Waals surface area contributed by atoms with Crippen molar-refractivity contribution < 1.29 is 19.1 Å². The highest BCUT2D eigenvalue weighted by molar-refractivity contribution is 6.29. The van der Waals surface area contributed by atoms with Crippen LogP contribution in [0, 0.1) is 0 Å². The molecule has 1 aromatic rings. The van der Waals surface area contributed by atoms with Crippen LogP contribution >= 0.6 is 11.6 Å². The Morgan fingerprint density at radius 3 is 2.63 bits per heavy atom. The average Bonchev–Trinajstić information content (AvgIpc) is 3.00. The van der Waals surface area contributed by atoms with Crippen LogP contribution in [-0.4, -0.2) is 41.9 Å². The lowest BCUT2D eigenvalue weighted by Crippen LogP contribution is -2.46. The minimum atomic E-state index is -0.789. The third-order valence-electron chi connectivity index (χ3n) is 4.08. The van der Waals surface area contributed by atoms with E-state index in [4.69, 9.17) is 21.1 Å². The molecule has 27 heavy (non-hydrogen) atoms. The number of nitrogens with zero attached hydrogens (tertiary/aromatic N) is 4. The molecule has 1 unspecified atom stereocenters.